The summed E-state index contributed by atoms with van der Waals surface area (Å²) in [4.78, 5) is 15.7. The van der Waals surface area contributed by atoms with Crippen LogP contribution >= 0.6 is 15.9 Å². The average Bonchev–Trinajstić information content (AvgIpc) is 2.36. The van der Waals surface area contributed by atoms with E-state index in [1.807, 2.05) is 0 Å². The highest BCUT2D eigenvalue weighted by atomic mass is 79.9. The van der Waals surface area contributed by atoms with E-state index in [9.17, 15) is 14.3 Å². The van der Waals surface area contributed by atoms with Crippen molar-refractivity contribution in [1.29, 1.82) is 0 Å². The molecule has 1 aromatic heterocycles. The van der Waals surface area contributed by atoms with Gasteiger partial charge in [-0.1, -0.05) is 0 Å². The largest absolute Gasteiger partial charge is 0.506 e. The molecule has 0 fully saturated rings. The first-order valence-corrected chi connectivity index (χ1v) is 6.17. The van der Waals surface area contributed by atoms with E-state index >= 15 is 0 Å². The predicted molar refractivity (Wildman–Crippen MR) is 72.7 cm³/mol. The first kappa shape index (κ1) is 13.5. The Labute approximate surface area is 117 Å². The number of carbonyl (C=O) groups excluding carboxylic acids is 1. The first-order valence-electron chi connectivity index (χ1n) is 5.38. The molecule has 98 valence electrons. The Morgan fingerprint density at radius 3 is 2.79 bits per heavy atom. The van der Waals surface area contributed by atoms with Gasteiger partial charge in [0.2, 0.25) is 0 Å². The van der Waals surface area contributed by atoms with Gasteiger partial charge in [0.25, 0.3) is 5.91 Å². The van der Waals surface area contributed by atoms with Crippen LogP contribution in [0.25, 0.3) is 0 Å². The zero-order valence-corrected chi connectivity index (χ0v) is 11.5. The lowest BCUT2D eigenvalue weighted by atomic mass is 10.2. The molecule has 1 aromatic carbocycles. The maximum absolute atomic E-state index is 13.3. The van der Waals surface area contributed by atoms with Gasteiger partial charge in [0.15, 0.2) is 0 Å². The number of anilines is 1. The summed E-state index contributed by atoms with van der Waals surface area (Å²) in [7, 11) is 0. The lowest BCUT2D eigenvalue weighted by Gasteiger charge is -2.09. The number of benzene rings is 1. The monoisotopic (exact) mass is 324 g/mol. The molecule has 0 radical (unpaired) electrons. The number of aryl methyl sites for hydroxylation is 1. The second-order valence-electron chi connectivity index (χ2n) is 3.97. The summed E-state index contributed by atoms with van der Waals surface area (Å²) in [6.45, 7) is 1.69. The van der Waals surface area contributed by atoms with Gasteiger partial charge in [-0.25, -0.2) is 4.39 Å². The Bertz CT molecular complexity index is 647. The number of rotatable bonds is 2. The molecule has 0 aliphatic carbocycles. The fourth-order valence-corrected chi connectivity index (χ4v) is 1.87. The molecular formula is C13H10BrFN2O2. The van der Waals surface area contributed by atoms with Crippen molar-refractivity contribution in [2.24, 2.45) is 0 Å². The molecule has 0 spiro atoms. The first-order chi connectivity index (χ1) is 8.97. The number of aromatic nitrogens is 1. The molecule has 4 nitrogen and oxygen atoms in total. The zero-order valence-electron chi connectivity index (χ0n) is 9.95. The molecule has 2 aromatic rings. The van der Waals surface area contributed by atoms with Crippen LogP contribution < -0.4 is 5.32 Å². The fourth-order valence-electron chi connectivity index (χ4n) is 1.53. The molecule has 2 rings (SSSR count). The Morgan fingerprint density at radius 1 is 1.37 bits per heavy atom. The van der Waals surface area contributed by atoms with E-state index in [0.717, 1.165) is 0 Å². The molecule has 6 heteroatoms. The third-order valence-corrected chi connectivity index (χ3v) is 3.11. The van der Waals surface area contributed by atoms with Gasteiger partial charge in [-0.15, -0.1) is 0 Å². The van der Waals surface area contributed by atoms with Crippen molar-refractivity contribution in [1.82, 2.24) is 4.98 Å². The van der Waals surface area contributed by atoms with E-state index in [2.05, 4.69) is 26.2 Å². The second kappa shape index (κ2) is 5.36. The van der Waals surface area contributed by atoms with Crippen LogP contribution in [0.4, 0.5) is 10.1 Å². The Balaban J connectivity index is 2.27. The minimum Gasteiger partial charge on any atom is -0.506 e. The zero-order chi connectivity index (χ0) is 14.0. The van der Waals surface area contributed by atoms with Crippen molar-refractivity contribution in [3.63, 3.8) is 0 Å². The lowest BCUT2D eigenvalue weighted by Crippen LogP contribution is -2.13. The number of carbonyl (C=O) groups is 1. The molecule has 19 heavy (non-hydrogen) atoms. The Morgan fingerprint density at radius 2 is 2.11 bits per heavy atom. The van der Waals surface area contributed by atoms with Gasteiger partial charge >= 0.3 is 0 Å². The minimum absolute atomic E-state index is 0.0929. The second-order valence-corrected chi connectivity index (χ2v) is 4.82. The van der Waals surface area contributed by atoms with Crippen molar-refractivity contribution < 1.29 is 14.3 Å². The third-order valence-electron chi connectivity index (χ3n) is 2.50. The summed E-state index contributed by atoms with van der Waals surface area (Å²) < 4.78 is 13.5. The van der Waals surface area contributed by atoms with E-state index in [1.165, 1.54) is 30.6 Å². The molecule has 0 unspecified atom stereocenters. The molecule has 1 amide bonds. The van der Waals surface area contributed by atoms with E-state index in [-0.39, 0.29) is 15.8 Å². The van der Waals surface area contributed by atoms with Crippen molar-refractivity contribution in [3.05, 3.63) is 52.0 Å². The number of aromatic hydroxyl groups is 1. The number of nitrogens with zero attached hydrogens (tertiary/aromatic N) is 1. The van der Waals surface area contributed by atoms with Gasteiger partial charge in [-0.2, -0.15) is 0 Å². The maximum atomic E-state index is 13.3. The number of pyridine rings is 1. The van der Waals surface area contributed by atoms with Crippen LogP contribution in [0.15, 0.2) is 35.1 Å². The predicted octanol–water partition coefficient (Wildman–Crippen LogP) is 3.25. The van der Waals surface area contributed by atoms with Crippen LogP contribution in [0.2, 0.25) is 0 Å². The highest BCUT2D eigenvalue weighted by Crippen LogP contribution is 2.24. The number of nitrogens with one attached hydrogen (secondary N) is 1. The molecule has 0 saturated carbocycles. The molecule has 0 aliphatic rings. The van der Waals surface area contributed by atoms with E-state index < -0.39 is 11.7 Å². The molecule has 0 atom stereocenters. The minimum atomic E-state index is -0.426. The normalized spacial score (nSPS) is 10.3. The summed E-state index contributed by atoms with van der Waals surface area (Å²) in [5.41, 5.74) is 1.31. The van der Waals surface area contributed by atoms with E-state index in [0.29, 0.717) is 11.3 Å². The summed E-state index contributed by atoms with van der Waals surface area (Å²) in [6, 6.07) is 4.11. The number of amides is 1. The van der Waals surface area contributed by atoms with E-state index in [1.54, 1.807) is 6.92 Å². The highest BCUT2D eigenvalue weighted by Gasteiger charge is 2.11. The van der Waals surface area contributed by atoms with Gasteiger partial charge in [-0.3, -0.25) is 9.78 Å². The topological polar surface area (TPSA) is 62.2 Å². The van der Waals surface area contributed by atoms with Crippen molar-refractivity contribution in [2.45, 2.75) is 6.92 Å². The summed E-state index contributed by atoms with van der Waals surface area (Å²) >= 11 is 3.06. The molecule has 2 N–H and O–H groups in total. The Kier molecular flexibility index (Phi) is 3.80. The van der Waals surface area contributed by atoms with Crippen LogP contribution in [0.3, 0.4) is 0 Å². The summed E-state index contributed by atoms with van der Waals surface area (Å²) in [5.74, 6) is -0.913. The number of hydrogen-bond donors (Lipinski definition) is 2. The van der Waals surface area contributed by atoms with Crippen molar-refractivity contribution in [2.75, 3.05) is 5.32 Å². The standard InChI is InChI=1S/C13H10BrFN2O2/c1-7-2-11(15)10(14)4-12(7)17-13(19)8-3-9(18)6-16-5-8/h2-6,18H,1H3,(H,17,19). The van der Waals surface area contributed by atoms with Gasteiger partial charge in [0.1, 0.15) is 11.6 Å². The molecular weight excluding hydrogens is 315 g/mol. The van der Waals surface area contributed by atoms with Crippen LogP contribution in [0, 0.1) is 12.7 Å². The quantitative estimate of drug-likeness (QED) is 0.891. The van der Waals surface area contributed by atoms with Gasteiger partial charge in [0, 0.05) is 11.9 Å². The summed E-state index contributed by atoms with van der Waals surface area (Å²) in [6.07, 6.45) is 2.57. The lowest BCUT2D eigenvalue weighted by molar-refractivity contribution is 0.102. The van der Waals surface area contributed by atoms with Crippen LogP contribution in [-0.4, -0.2) is 16.0 Å². The van der Waals surface area contributed by atoms with Crippen molar-refractivity contribution >= 4 is 27.5 Å². The summed E-state index contributed by atoms with van der Waals surface area (Å²) in [5, 5.41) is 11.9. The van der Waals surface area contributed by atoms with Crippen LogP contribution in [0.1, 0.15) is 15.9 Å². The number of halogens is 2. The highest BCUT2D eigenvalue weighted by molar-refractivity contribution is 9.10. The Hall–Kier alpha value is -1.95. The number of hydrogen-bond acceptors (Lipinski definition) is 3. The third kappa shape index (κ3) is 3.08. The van der Waals surface area contributed by atoms with Gasteiger partial charge < -0.3 is 10.4 Å². The average molecular weight is 325 g/mol. The van der Waals surface area contributed by atoms with E-state index in [4.69, 9.17) is 0 Å². The van der Waals surface area contributed by atoms with Crippen molar-refractivity contribution in [3.8, 4) is 5.75 Å². The molecule has 0 saturated heterocycles. The molecule has 1 heterocycles. The van der Waals surface area contributed by atoms with Gasteiger partial charge in [0.05, 0.1) is 16.2 Å². The SMILES string of the molecule is Cc1cc(F)c(Br)cc1NC(=O)c1cncc(O)c1. The van der Waals surface area contributed by atoms with Crippen LogP contribution in [-0.2, 0) is 0 Å². The molecule has 0 bridgehead atoms. The fraction of sp³-hybridized carbons (Fsp3) is 0.0769. The maximum Gasteiger partial charge on any atom is 0.257 e. The smallest absolute Gasteiger partial charge is 0.257 e. The van der Waals surface area contributed by atoms with Gasteiger partial charge in [-0.05, 0) is 46.6 Å². The van der Waals surface area contributed by atoms with Crippen LogP contribution in [0.5, 0.6) is 5.75 Å². The molecule has 0 aliphatic heterocycles.